The Morgan fingerprint density at radius 2 is 2.05 bits per heavy atom. The molecule has 0 amide bonds. The van der Waals surface area contributed by atoms with Gasteiger partial charge in [0.15, 0.2) is 0 Å². The molecule has 1 atom stereocenters. The molecule has 0 saturated carbocycles. The van der Waals surface area contributed by atoms with Crippen molar-refractivity contribution < 1.29 is 14.6 Å². The second-order valence-electron chi connectivity index (χ2n) is 6.16. The minimum atomic E-state index is -0.792. The number of ether oxygens (including phenoxy) is 1. The lowest BCUT2D eigenvalue weighted by Crippen LogP contribution is -2.47. The number of aliphatic carboxylic acids is 1. The van der Waals surface area contributed by atoms with Gasteiger partial charge in [-0.05, 0) is 65.6 Å². The maximum atomic E-state index is 11.2. The molecule has 5 heteroatoms. The summed E-state index contributed by atoms with van der Waals surface area (Å²) in [7, 11) is 3.87. The number of likely N-dealkylation sites (N-methyl/N-ethyl adjacent to an activating group) is 1. The van der Waals surface area contributed by atoms with Gasteiger partial charge in [-0.15, -0.1) is 0 Å². The number of carboxylic acid groups (broad SMARTS) is 1. The maximum Gasteiger partial charge on any atom is 0.323 e. The largest absolute Gasteiger partial charge is 0.480 e. The first-order valence-corrected chi connectivity index (χ1v) is 7.66. The van der Waals surface area contributed by atoms with Crippen molar-refractivity contribution in [3.63, 3.8) is 0 Å². The van der Waals surface area contributed by atoms with Crippen LogP contribution in [0, 0.1) is 5.92 Å². The SMILES string of the molecule is CNC(C)(CCCCN(C)CC1CCOCC1)C(=O)O. The van der Waals surface area contributed by atoms with Gasteiger partial charge < -0.3 is 20.1 Å². The van der Waals surface area contributed by atoms with Crippen molar-refractivity contribution in [3.05, 3.63) is 0 Å². The number of carboxylic acids is 1. The van der Waals surface area contributed by atoms with Gasteiger partial charge in [0.2, 0.25) is 0 Å². The molecule has 1 aliphatic heterocycles. The highest BCUT2D eigenvalue weighted by Crippen LogP contribution is 2.17. The molecule has 0 radical (unpaired) electrons. The molecule has 20 heavy (non-hydrogen) atoms. The Balaban J connectivity index is 2.15. The fraction of sp³-hybridized carbons (Fsp3) is 0.933. The van der Waals surface area contributed by atoms with E-state index < -0.39 is 11.5 Å². The van der Waals surface area contributed by atoms with Gasteiger partial charge in [0, 0.05) is 19.8 Å². The topological polar surface area (TPSA) is 61.8 Å². The zero-order valence-corrected chi connectivity index (χ0v) is 13.2. The summed E-state index contributed by atoms with van der Waals surface area (Å²) in [5.41, 5.74) is -0.792. The van der Waals surface area contributed by atoms with Gasteiger partial charge in [0.1, 0.15) is 5.54 Å². The number of nitrogens with zero attached hydrogens (tertiary/aromatic N) is 1. The molecule has 1 fully saturated rings. The van der Waals surface area contributed by atoms with Crippen LogP contribution in [0.3, 0.4) is 0 Å². The van der Waals surface area contributed by atoms with Crippen LogP contribution in [0.5, 0.6) is 0 Å². The van der Waals surface area contributed by atoms with E-state index in [0.29, 0.717) is 6.42 Å². The zero-order valence-electron chi connectivity index (χ0n) is 13.2. The summed E-state index contributed by atoms with van der Waals surface area (Å²) >= 11 is 0. The molecule has 1 unspecified atom stereocenters. The highest BCUT2D eigenvalue weighted by molar-refractivity contribution is 5.78. The van der Waals surface area contributed by atoms with Crippen LogP contribution in [0.4, 0.5) is 0 Å². The quantitative estimate of drug-likeness (QED) is 0.630. The molecular formula is C15H30N2O3. The smallest absolute Gasteiger partial charge is 0.323 e. The normalized spacial score (nSPS) is 20.0. The third-order valence-electron chi connectivity index (χ3n) is 4.40. The Morgan fingerprint density at radius 3 is 2.60 bits per heavy atom. The van der Waals surface area contributed by atoms with E-state index in [1.165, 1.54) is 12.8 Å². The molecule has 0 aromatic carbocycles. The predicted molar refractivity (Wildman–Crippen MR) is 80.0 cm³/mol. The molecule has 2 N–H and O–H groups in total. The molecule has 0 aliphatic carbocycles. The van der Waals surface area contributed by atoms with Crippen molar-refractivity contribution >= 4 is 5.97 Å². The Bertz CT molecular complexity index is 293. The number of carbonyl (C=O) groups is 1. The number of rotatable bonds is 9. The summed E-state index contributed by atoms with van der Waals surface area (Å²) in [6, 6.07) is 0. The first-order valence-electron chi connectivity index (χ1n) is 7.66. The molecule has 1 heterocycles. The lowest BCUT2D eigenvalue weighted by atomic mass is 9.95. The maximum absolute atomic E-state index is 11.2. The lowest BCUT2D eigenvalue weighted by Gasteiger charge is -2.28. The lowest BCUT2D eigenvalue weighted by molar-refractivity contribution is -0.144. The highest BCUT2D eigenvalue weighted by Gasteiger charge is 2.30. The van der Waals surface area contributed by atoms with E-state index in [0.717, 1.165) is 45.1 Å². The second-order valence-corrected chi connectivity index (χ2v) is 6.16. The molecule has 0 aromatic rings. The van der Waals surface area contributed by atoms with Gasteiger partial charge in [-0.3, -0.25) is 4.79 Å². The summed E-state index contributed by atoms with van der Waals surface area (Å²) in [4.78, 5) is 13.5. The van der Waals surface area contributed by atoms with E-state index in [-0.39, 0.29) is 0 Å². The number of unbranched alkanes of at least 4 members (excludes halogenated alkanes) is 1. The van der Waals surface area contributed by atoms with Gasteiger partial charge in [-0.25, -0.2) is 0 Å². The average molecular weight is 286 g/mol. The number of nitrogens with one attached hydrogen (secondary N) is 1. The number of hydrogen-bond acceptors (Lipinski definition) is 4. The van der Waals surface area contributed by atoms with E-state index in [1.807, 2.05) is 0 Å². The van der Waals surface area contributed by atoms with Crippen molar-refractivity contribution in [2.75, 3.05) is 40.4 Å². The van der Waals surface area contributed by atoms with Crippen LogP contribution < -0.4 is 5.32 Å². The van der Waals surface area contributed by atoms with Crippen LogP contribution in [-0.4, -0.2) is 61.9 Å². The monoisotopic (exact) mass is 286 g/mol. The predicted octanol–water partition coefficient (Wildman–Crippen LogP) is 1.58. The van der Waals surface area contributed by atoms with Gasteiger partial charge in [0.05, 0.1) is 0 Å². The zero-order chi connectivity index (χ0) is 15.0. The third-order valence-corrected chi connectivity index (χ3v) is 4.40. The van der Waals surface area contributed by atoms with Crippen LogP contribution in [0.25, 0.3) is 0 Å². The molecule has 0 bridgehead atoms. The third kappa shape index (κ3) is 5.77. The van der Waals surface area contributed by atoms with Gasteiger partial charge in [-0.1, -0.05) is 0 Å². The fourth-order valence-corrected chi connectivity index (χ4v) is 2.66. The van der Waals surface area contributed by atoms with E-state index in [1.54, 1.807) is 14.0 Å². The summed E-state index contributed by atoms with van der Waals surface area (Å²) < 4.78 is 5.37. The standard InChI is InChI=1S/C15H30N2O3/c1-15(16-2,14(18)19)8-4-5-9-17(3)12-13-6-10-20-11-7-13/h13,16H,4-12H2,1-3H3,(H,18,19). The van der Waals surface area contributed by atoms with Crippen molar-refractivity contribution in [3.8, 4) is 0 Å². The molecule has 0 spiro atoms. The van der Waals surface area contributed by atoms with Crippen LogP contribution in [0.15, 0.2) is 0 Å². The van der Waals surface area contributed by atoms with Crippen molar-refractivity contribution in [1.29, 1.82) is 0 Å². The summed E-state index contributed by atoms with van der Waals surface area (Å²) in [6.45, 7) is 5.72. The van der Waals surface area contributed by atoms with E-state index in [2.05, 4.69) is 17.3 Å². The minimum absolute atomic E-state index is 0.671. The first kappa shape index (κ1) is 17.4. The van der Waals surface area contributed by atoms with Crippen LogP contribution in [0.1, 0.15) is 39.0 Å². The number of hydrogen-bond donors (Lipinski definition) is 2. The first-order chi connectivity index (χ1) is 9.48. The molecule has 5 nitrogen and oxygen atoms in total. The molecule has 118 valence electrons. The Morgan fingerprint density at radius 1 is 1.40 bits per heavy atom. The molecule has 1 rings (SSSR count). The van der Waals surface area contributed by atoms with E-state index in [9.17, 15) is 9.90 Å². The van der Waals surface area contributed by atoms with Crippen LogP contribution in [0.2, 0.25) is 0 Å². The van der Waals surface area contributed by atoms with Crippen LogP contribution in [-0.2, 0) is 9.53 Å². The second kappa shape index (κ2) is 8.60. The molecule has 1 aliphatic rings. The summed E-state index contributed by atoms with van der Waals surface area (Å²) in [5, 5.41) is 12.1. The summed E-state index contributed by atoms with van der Waals surface area (Å²) in [6.07, 6.45) is 4.98. The molecular weight excluding hydrogens is 256 g/mol. The fourth-order valence-electron chi connectivity index (χ4n) is 2.66. The highest BCUT2D eigenvalue weighted by atomic mass is 16.5. The molecule has 1 saturated heterocycles. The molecule has 0 aromatic heterocycles. The van der Waals surface area contributed by atoms with E-state index >= 15 is 0 Å². The van der Waals surface area contributed by atoms with Crippen molar-refractivity contribution in [2.45, 2.75) is 44.6 Å². The van der Waals surface area contributed by atoms with E-state index in [4.69, 9.17) is 4.74 Å². The van der Waals surface area contributed by atoms with Crippen molar-refractivity contribution in [2.24, 2.45) is 5.92 Å². The van der Waals surface area contributed by atoms with Crippen molar-refractivity contribution in [1.82, 2.24) is 10.2 Å². The van der Waals surface area contributed by atoms with Gasteiger partial charge >= 0.3 is 5.97 Å². The summed E-state index contributed by atoms with van der Waals surface area (Å²) in [5.74, 6) is -0.00842. The minimum Gasteiger partial charge on any atom is -0.480 e. The van der Waals surface area contributed by atoms with Crippen LogP contribution >= 0.6 is 0 Å². The Kier molecular flexibility index (Phi) is 7.48. The Labute approximate surface area is 122 Å². The average Bonchev–Trinajstić information content (AvgIpc) is 2.44. The van der Waals surface area contributed by atoms with Gasteiger partial charge in [0.25, 0.3) is 0 Å². The Hall–Kier alpha value is -0.650. The van der Waals surface area contributed by atoms with Gasteiger partial charge in [-0.2, -0.15) is 0 Å².